The van der Waals surface area contributed by atoms with E-state index in [4.69, 9.17) is 10.8 Å². The lowest BCUT2D eigenvalue weighted by Crippen LogP contribution is -2.37. The predicted octanol–water partition coefficient (Wildman–Crippen LogP) is 0.342. The minimum Gasteiger partial charge on any atom is -0.481 e. The Kier molecular flexibility index (Phi) is 4.29. The molecule has 0 aliphatic heterocycles. The monoisotopic (exact) mass is 228 g/mol. The van der Waals surface area contributed by atoms with Gasteiger partial charge in [-0.15, -0.1) is 0 Å². The van der Waals surface area contributed by atoms with Gasteiger partial charge in [-0.1, -0.05) is 6.92 Å². The predicted molar refractivity (Wildman–Crippen MR) is 59.8 cm³/mol. The van der Waals surface area contributed by atoms with Gasteiger partial charge in [-0.25, -0.2) is 0 Å². The third-order valence-electron chi connectivity index (χ3n) is 3.20. The van der Waals surface area contributed by atoms with E-state index < -0.39 is 11.4 Å². The minimum absolute atomic E-state index is 0.0685. The summed E-state index contributed by atoms with van der Waals surface area (Å²) in [6.07, 6.45) is 2.90. The average Bonchev–Trinajstić information content (AvgIpc) is 3.03. The lowest BCUT2D eigenvalue weighted by molar-refractivity contribution is -0.143. The van der Waals surface area contributed by atoms with Crippen LogP contribution in [0.4, 0.5) is 0 Å². The summed E-state index contributed by atoms with van der Waals surface area (Å²) in [6, 6.07) is 0. The van der Waals surface area contributed by atoms with Crippen LogP contribution < -0.4 is 11.1 Å². The molecule has 1 saturated carbocycles. The molecule has 1 atom stereocenters. The highest BCUT2D eigenvalue weighted by molar-refractivity contribution is 5.81. The Hall–Kier alpha value is -1.10. The maximum atomic E-state index is 11.6. The van der Waals surface area contributed by atoms with E-state index in [9.17, 15) is 9.59 Å². The standard InChI is InChI=1S/C11H20N2O3/c1-8(3-2-6-12)9(14)13-7-11(4-5-11)10(15)16/h8H,2-7,12H2,1H3,(H,13,14)(H,15,16). The number of carbonyl (C=O) groups is 2. The molecule has 16 heavy (non-hydrogen) atoms. The van der Waals surface area contributed by atoms with Crippen LogP contribution in [0, 0.1) is 11.3 Å². The van der Waals surface area contributed by atoms with E-state index in [1.165, 1.54) is 0 Å². The Bertz CT molecular complexity index is 274. The van der Waals surface area contributed by atoms with Crippen LogP contribution >= 0.6 is 0 Å². The summed E-state index contributed by atoms with van der Waals surface area (Å²) in [4.78, 5) is 22.5. The molecule has 0 radical (unpaired) electrons. The third kappa shape index (κ3) is 3.20. The quantitative estimate of drug-likeness (QED) is 0.586. The number of carboxylic acids is 1. The zero-order chi connectivity index (χ0) is 12.2. The number of carbonyl (C=O) groups excluding carboxylic acids is 1. The summed E-state index contributed by atoms with van der Waals surface area (Å²) in [5.41, 5.74) is 4.68. The molecule has 5 heteroatoms. The molecule has 1 amide bonds. The van der Waals surface area contributed by atoms with Crippen molar-refractivity contribution in [3.05, 3.63) is 0 Å². The lowest BCUT2D eigenvalue weighted by atomic mass is 10.0. The van der Waals surface area contributed by atoms with Gasteiger partial charge < -0.3 is 16.2 Å². The van der Waals surface area contributed by atoms with Crippen molar-refractivity contribution in [2.24, 2.45) is 17.1 Å². The fraction of sp³-hybridized carbons (Fsp3) is 0.818. The molecule has 92 valence electrons. The highest BCUT2D eigenvalue weighted by atomic mass is 16.4. The Labute approximate surface area is 95.4 Å². The van der Waals surface area contributed by atoms with Crippen molar-refractivity contribution in [3.63, 3.8) is 0 Å². The Morgan fingerprint density at radius 3 is 2.56 bits per heavy atom. The van der Waals surface area contributed by atoms with Crippen LogP contribution in [0.5, 0.6) is 0 Å². The van der Waals surface area contributed by atoms with Crippen molar-refractivity contribution in [1.29, 1.82) is 0 Å². The summed E-state index contributed by atoms with van der Waals surface area (Å²) >= 11 is 0. The molecule has 0 aromatic heterocycles. The van der Waals surface area contributed by atoms with E-state index in [-0.39, 0.29) is 18.4 Å². The molecule has 4 N–H and O–H groups in total. The van der Waals surface area contributed by atoms with Crippen molar-refractivity contribution in [3.8, 4) is 0 Å². The van der Waals surface area contributed by atoms with Crippen molar-refractivity contribution in [1.82, 2.24) is 5.32 Å². The van der Waals surface area contributed by atoms with Crippen LogP contribution in [-0.4, -0.2) is 30.1 Å². The number of nitrogens with two attached hydrogens (primary N) is 1. The van der Waals surface area contributed by atoms with Gasteiger partial charge in [-0.2, -0.15) is 0 Å². The first-order valence-corrected chi connectivity index (χ1v) is 5.73. The number of nitrogens with one attached hydrogen (secondary N) is 1. The van der Waals surface area contributed by atoms with Gasteiger partial charge in [0.1, 0.15) is 0 Å². The fourth-order valence-electron chi connectivity index (χ4n) is 1.60. The minimum atomic E-state index is -0.803. The van der Waals surface area contributed by atoms with Crippen LogP contribution in [0.25, 0.3) is 0 Å². The van der Waals surface area contributed by atoms with Gasteiger partial charge in [0, 0.05) is 12.5 Å². The van der Waals surface area contributed by atoms with Crippen LogP contribution in [-0.2, 0) is 9.59 Å². The number of rotatable bonds is 7. The Balaban J connectivity index is 2.27. The molecular formula is C11H20N2O3. The average molecular weight is 228 g/mol. The molecule has 1 rings (SSSR count). The highest BCUT2D eigenvalue weighted by Crippen LogP contribution is 2.45. The number of hydrogen-bond donors (Lipinski definition) is 3. The third-order valence-corrected chi connectivity index (χ3v) is 3.20. The van der Waals surface area contributed by atoms with Gasteiger partial charge in [0.2, 0.25) is 5.91 Å². The lowest BCUT2D eigenvalue weighted by Gasteiger charge is -2.14. The van der Waals surface area contributed by atoms with E-state index in [0.717, 1.165) is 12.8 Å². The molecule has 0 heterocycles. The largest absolute Gasteiger partial charge is 0.481 e. The first-order chi connectivity index (χ1) is 7.52. The van der Waals surface area contributed by atoms with Gasteiger partial charge in [0.05, 0.1) is 5.41 Å². The van der Waals surface area contributed by atoms with Crippen molar-refractivity contribution < 1.29 is 14.7 Å². The molecule has 0 aromatic rings. The number of aliphatic carboxylic acids is 1. The molecule has 1 unspecified atom stereocenters. The summed E-state index contributed by atoms with van der Waals surface area (Å²) in [5, 5.41) is 11.6. The topological polar surface area (TPSA) is 92.4 Å². The zero-order valence-electron chi connectivity index (χ0n) is 9.66. The normalized spacial score (nSPS) is 18.9. The van der Waals surface area contributed by atoms with Crippen molar-refractivity contribution >= 4 is 11.9 Å². The van der Waals surface area contributed by atoms with E-state index in [0.29, 0.717) is 19.4 Å². The molecule has 1 fully saturated rings. The van der Waals surface area contributed by atoms with Crippen LogP contribution in [0.2, 0.25) is 0 Å². The van der Waals surface area contributed by atoms with Gasteiger partial charge >= 0.3 is 5.97 Å². The van der Waals surface area contributed by atoms with Crippen LogP contribution in [0.1, 0.15) is 32.6 Å². The smallest absolute Gasteiger partial charge is 0.311 e. The van der Waals surface area contributed by atoms with Crippen LogP contribution in [0.3, 0.4) is 0 Å². The van der Waals surface area contributed by atoms with Crippen LogP contribution in [0.15, 0.2) is 0 Å². The summed E-state index contributed by atoms with van der Waals surface area (Å²) in [6.45, 7) is 2.68. The van der Waals surface area contributed by atoms with Gasteiger partial charge in [0.25, 0.3) is 0 Å². The molecule has 1 aliphatic carbocycles. The molecule has 0 saturated heterocycles. The maximum Gasteiger partial charge on any atom is 0.311 e. The van der Waals surface area contributed by atoms with Crippen molar-refractivity contribution in [2.75, 3.05) is 13.1 Å². The number of amides is 1. The Morgan fingerprint density at radius 2 is 2.12 bits per heavy atom. The second-order valence-corrected chi connectivity index (χ2v) is 4.64. The zero-order valence-corrected chi connectivity index (χ0v) is 9.66. The number of hydrogen-bond acceptors (Lipinski definition) is 3. The fourth-order valence-corrected chi connectivity index (χ4v) is 1.60. The van der Waals surface area contributed by atoms with E-state index in [2.05, 4.69) is 5.32 Å². The second kappa shape index (κ2) is 5.30. The molecule has 1 aliphatic rings. The SMILES string of the molecule is CC(CCCN)C(=O)NCC1(C(=O)O)CC1. The highest BCUT2D eigenvalue weighted by Gasteiger charge is 2.50. The Morgan fingerprint density at radius 1 is 1.50 bits per heavy atom. The number of carboxylic acid groups (broad SMARTS) is 1. The maximum absolute atomic E-state index is 11.6. The molecular weight excluding hydrogens is 208 g/mol. The van der Waals surface area contributed by atoms with Crippen molar-refractivity contribution in [2.45, 2.75) is 32.6 Å². The van der Waals surface area contributed by atoms with Gasteiger partial charge in [0.15, 0.2) is 0 Å². The molecule has 0 spiro atoms. The van der Waals surface area contributed by atoms with Gasteiger partial charge in [-0.3, -0.25) is 9.59 Å². The van der Waals surface area contributed by atoms with Gasteiger partial charge in [-0.05, 0) is 32.2 Å². The molecule has 0 aromatic carbocycles. The summed E-state index contributed by atoms with van der Waals surface area (Å²) in [7, 11) is 0. The summed E-state index contributed by atoms with van der Waals surface area (Å²) < 4.78 is 0. The summed E-state index contributed by atoms with van der Waals surface area (Å²) in [5.74, 6) is -0.962. The van der Waals surface area contributed by atoms with E-state index in [1.54, 1.807) is 0 Å². The van der Waals surface area contributed by atoms with E-state index in [1.807, 2.05) is 6.92 Å². The molecule has 0 bridgehead atoms. The first-order valence-electron chi connectivity index (χ1n) is 5.73. The molecule has 5 nitrogen and oxygen atoms in total. The first kappa shape index (κ1) is 13.0. The second-order valence-electron chi connectivity index (χ2n) is 4.64. The van der Waals surface area contributed by atoms with E-state index >= 15 is 0 Å².